The second-order valence-corrected chi connectivity index (χ2v) is 7.81. The monoisotopic (exact) mass is 370 g/mol. The molecule has 1 aliphatic carbocycles. The van der Waals surface area contributed by atoms with E-state index in [2.05, 4.69) is 24.5 Å². The Balaban J connectivity index is 1.59. The number of methoxy groups -OCH3 is 1. The molecular formula is C21H26N2O4. The largest absolute Gasteiger partial charge is 0.497 e. The first-order chi connectivity index (χ1) is 12.8. The van der Waals surface area contributed by atoms with Crippen LogP contribution in [0, 0.1) is 12.3 Å². The van der Waals surface area contributed by atoms with Crippen molar-refractivity contribution in [2.45, 2.75) is 39.7 Å². The van der Waals surface area contributed by atoms with E-state index >= 15 is 0 Å². The number of ether oxygens (including phenoxy) is 1. The smallest absolute Gasteiger partial charge is 0.251 e. The van der Waals surface area contributed by atoms with Gasteiger partial charge in [0.15, 0.2) is 0 Å². The number of fused-ring (bicyclic) bond motifs is 1. The first-order valence-electron chi connectivity index (χ1n) is 9.08. The van der Waals surface area contributed by atoms with Crippen molar-refractivity contribution in [2.75, 3.05) is 13.7 Å². The van der Waals surface area contributed by atoms with E-state index in [9.17, 15) is 9.59 Å². The fraction of sp³-hybridized carbons (Fsp3) is 0.429. The van der Waals surface area contributed by atoms with Crippen LogP contribution in [0.25, 0.3) is 0 Å². The van der Waals surface area contributed by atoms with Gasteiger partial charge in [-0.2, -0.15) is 0 Å². The van der Waals surface area contributed by atoms with Gasteiger partial charge in [0.05, 0.1) is 19.7 Å². The molecule has 1 aliphatic rings. The van der Waals surface area contributed by atoms with Crippen LogP contribution in [0.3, 0.4) is 0 Å². The van der Waals surface area contributed by atoms with Crippen LogP contribution in [0.2, 0.25) is 0 Å². The minimum Gasteiger partial charge on any atom is -0.497 e. The van der Waals surface area contributed by atoms with Crippen molar-refractivity contribution in [1.29, 1.82) is 0 Å². The molecule has 0 unspecified atom stereocenters. The van der Waals surface area contributed by atoms with Gasteiger partial charge >= 0.3 is 0 Å². The Labute approximate surface area is 159 Å². The zero-order chi connectivity index (χ0) is 19.6. The average molecular weight is 370 g/mol. The fourth-order valence-corrected chi connectivity index (χ4v) is 3.56. The highest BCUT2D eigenvalue weighted by atomic mass is 16.5. The number of benzene rings is 1. The second-order valence-electron chi connectivity index (χ2n) is 7.81. The highest BCUT2D eigenvalue weighted by Gasteiger charge is 2.35. The van der Waals surface area contributed by atoms with Gasteiger partial charge in [-0.25, -0.2) is 0 Å². The molecule has 1 atom stereocenters. The van der Waals surface area contributed by atoms with E-state index in [1.807, 2.05) is 13.0 Å². The summed E-state index contributed by atoms with van der Waals surface area (Å²) in [4.78, 5) is 24.6. The Kier molecular flexibility index (Phi) is 5.26. The summed E-state index contributed by atoms with van der Waals surface area (Å²) in [5.74, 6) is 1.96. The van der Waals surface area contributed by atoms with Crippen LogP contribution in [0.1, 0.15) is 53.8 Å². The number of carbonyl (C=O) groups is 2. The van der Waals surface area contributed by atoms with Crippen LogP contribution < -0.4 is 15.4 Å². The fourth-order valence-electron chi connectivity index (χ4n) is 3.56. The SMILES string of the molecule is COc1ccc(C(=O)NCC(=O)N[C@@H]2CC(C)(C)Cc3oc(C)cc32)cc1. The maximum Gasteiger partial charge on any atom is 0.251 e. The number of rotatable bonds is 5. The molecule has 6 nitrogen and oxygen atoms in total. The molecule has 2 amide bonds. The second kappa shape index (κ2) is 7.47. The van der Waals surface area contributed by atoms with Gasteiger partial charge in [-0.15, -0.1) is 0 Å². The minimum atomic E-state index is -0.295. The standard InChI is InChI=1S/C21H26N2O4/c1-13-9-16-17(10-21(2,3)11-18(16)27-13)23-19(24)12-22-20(25)14-5-7-15(26-4)8-6-14/h5-9,17H,10-12H2,1-4H3,(H,22,25)(H,23,24)/t17-/m1/s1. The summed E-state index contributed by atoms with van der Waals surface area (Å²) in [7, 11) is 1.57. The number of amides is 2. The molecule has 0 aliphatic heterocycles. The number of furan rings is 1. The molecule has 0 radical (unpaired) electrons. The van der Waals surface area contributed by atoms with Gasteiger partial charge in [0.25, 0.3) is 5.91 Å². The Morgan fingerprint density at radius 1 is 1.26 bits per heavy atom. The van der Waals surface area contributed by atoms with Crippen LogP contribution in [0.15, 0.2) is 34.7 Å². The molecule has 1 aromatic carbocycles. The van der Waals surface area contributed by atoms with E-state index < -0.39 is 0 Å². The first kappa shape index (κ1) is 19.0. The Bertz CT molecular complexity index is 836. The van der Waals surface area contributed by atoms with Crippen LogP contribution in [-0.4, -0.2) is 25.5 Å². The molecule has 27 heavy (non-hydrogen) atoms. The molecule has 6 heteroatoms. The topological polar surface area (TPSA) is 80.6 Å². The minimum absolute atomic E-state index is 0.0432. The lowest BCUT2D eigenvalue weighted by Gasteiger charge is -2.34. The van der Waals surface area contributed by atoms with Crippen LogP contribution in [-0.2, 0) is 11.2 Å². The van der Waals surface area contributed by atoms with E-state index in [-0.39, 0.29) is 29.8 Å². The zero-order valence-electron chi connectivity index (χ0n) is 16.2. The molecule has 0 fully saturated rings. The van der Waals surface area contributed by atoms with Gasteiger partial charge in [-0.05, 0) is 49.1 Å². The maximum atomic E-state index is 12.4. The molecule has 3 rings (SSSR count). The van der Waals surface area contributed by atoms with Gasteiger partial charge in [-0.1, -0.05) is 13.8 Å². The number of hydrogen-bond acceptors (Lipinski definition) is 4. The van der Waals surface area contributed by atoms with Crippen molar-refractivity contribution in [2.24, 2.45) is 5.41 Å². The van der Waals surface area contributed by atoms with Gasteiger partial charge in [0.2, 0.25) is 5.91 Å². The summed E-state index contributed by atoms with van der Waals surface area (Å²) in [6, 6.07) is 8.63. The first-order valence-corrected chi connectivity index (χ1v) is 9.08. The Morgan fingerprint density at radius 3 is 2.63 bits per heavy atom. The molecule has 1 heterocycles. The van der Waals surface area contributed by atoms with Crippen molar-refractivity contribution >= 4 is 11.8 Å². The summed E-state index contributed by atoms with van der Waals surface area (Å²) in [5, 5.41) is 5.70. The number of nitrogens with one attached hydrogen (secondary N) is 2. The predicted molar refractivity (Wildman–Crippen MR) is 102 cm³/mol. The quantitative estimate of drug-likeness (QED) is 0.847. The lowest BCUT2D eigenvalue weighted by molar-refractivity contribution is -0.121. The van der Waals surface area contributed by atoms with Crippen molar-refractivity contribution in [1.82, 2.24) is 10.6 Å². The van der Waals surface area contributed by atoms with Crippen LogP contribution in [0.5, 0.6) is 5.75 Å². The summed E-state index contributed by atoms with van der Waals surface area (Å²) in [5.41, 5.74) is 1.57. The molecule has 144 valence electrons. The lowest BCUT2D eigenvalue weighted by atomic mass is 9.74. The van der Waals surface area contributed by atoms with E-state index in [0.29, 0.717) is 11.3 Å². The van der Waals surface area contributed by atoms with Crippen molar-refractivity contribution < 1.29 is 18.7 Å². The lowest BCUT2D eigenvalue weighted by Crippen LogP contribution is -2.41. The zero-order valence-corrected chi connectivity index (χ0v) is 16.2. The summed E-state index contributed by atoms with van der Waals surface area (Å²) < 4.78 is 10.9. The predicted octanol–water partition coefficient (Wildman–Crippen LogP) is 3.16. The van der Waals surface area contributed by atoms with Crippen LogP contribution in [0.4, 0.5) is 0 Å². The van der Waals surface area contributed by atoms with Crippen molar-refractivity contribution in [3.8, 4) is 5.75 Å². The van der Waals surface area contributed by atoms with Gasteiger partial charge < -0.3 is 19.8 Å². The molecule has 0 spiro atoms. The maximum absolute atomic E-state index is 12.4. The van der Waals surface area contributed by atoms with Crippen molar-refractivity contribution in [3.05, 3.63) is 53.0 Å². The highest BCUT2D eigenvalue weighted by molar-refractivity contribution is 5.96. The Hall–Kier alpha value is -2.76. The van der Waals surface area contributed by atoms with Crippen molar-refractivity contribution in [3.63, 3.8) is 0 Å². The van der Waals surface area contributed by atoms with Crippen LogP contribution >= 0.6 is 0 Å². The molecule has 0 saturated heterocycles. The van der Waals surface area contributed by atoms with E-state index in [4.69, 9.17) is 9.15 Å². The Morgan fingerprint density at radius 2 is 1.96 bits per heavy atom. The molecule has 0 bridgehead atoms. The normalized spacial score (nSPS) is 17.7. The third-order valence-electron chi connectivity index (χ3n) is 4.83. The molecule has 1 aromatic heterocycles. The van der Waals surface area contributed by atoms with Gasteiger partial charge in [0, 0.05) is 17.5 Å². The molecule has 2 N–H and O–H groups in total. The molecular weight excluding hydrogens is 344 g/mol. The summed E-state index contributed by atoms with van der Waals surface area (Å²) >= 11 is 0. The summed E-state index contributed by atoms with van der Waals surface area (Å²) in [6.45, 7) is 6.17. The number of hydrogen-bond donors (Lipinski definition) is 2. The van der Waals surface area contributed by atoms with E-state index in [0.717, 1.165) is 29.9 Å². The number of carbonyl (C=O) groups excluding carboxylic acids is 2. The van der Waals surface area contributed by atoms with Gasteiger partial charge in [0.1, 0.15) is 17.3 Å². The number of aryl methyl sites for hydroxylation is 1. The van der Waals surface area contributed by atoms with E-state index in [1.54, 1.807) is 31.4 Å². The third kappa shape index (κ3) is 4.51. The van der Waals surface area contributed by atoms with E-state index in [1.165, 1.54) is 0 Å². The molecule has 2 aromatic rings. The summed E-state index contributed by atoms with van der Waals surface area (Å²) in [6.07, 6.45) is 1.69. The highest BCUT2D eigenvalue weighted by Crippen LogP contribution is 2.41. The van der Waals surface area contributed by atoms with Gasteiger partial charge in [-0.3, -0.25) is 9.59 Å². The average Bonchev–Trinajstić information content (AvgIpc) is 2.98. The molecule has 0 saturated carbocycles. The third-order valence-corrected chi connectivity index (χ3v) is 4.83.